The van der Waals surface area contributed by atoms with Crippen LogP contribution in [0.5, 0.6) is 0 Å². The highest BCUT2D eigenvalue weighted by Gasteiger charge is 1.87. The number of rotatable bonds is 5. The van der Waals surface area contributed by atoms with Gasteiger partial charge in [0.25, 0.3) is 0 Å². The van der Waals surface area contributed by atoms with Crippen molar-refractivity contribution in [1.29, 1.82) is 0 Å². The standard InChI is InChI=1S/C12H17N3/c1-15(2)10-6-9-13-11-14-12-7-4-3-5-8-12/h3-5,7-8H,6,9-10H2,1-2H3. The molecular weight excluding hydrogens is 186 g/mol. The zero-order valence-corrected chi connectivity index (χ0v) is 9.35. The molecule has 0 fully saturated rings. The summed E-state index contributed by atoms with van der Waals surface area (Å²) < 4.78 is 0. The van der Waals surface area contributed by atoms with E-state index in [9.17, 15) is 0 Å². The first-order valence-corrected chi connectivity index (χ1v) is 5.11. The lowest BCUT2D eigenvalue weighted by Gasteiger charge is -2.05. The summed E-state index contributed by atoms with van der Waals surface area (Å²) in [4.78, 5) is 10.3. The van der Waals surface area contributed by atoms with Gasteiger partial charge in [-0.15, -0.1) is 0 Å². The Morgan fingerprint density at radius 3 is 2.60 bits per heavy atom. The van der Waals surface area contributed by atoms with Crippen LogP contribution in [0.1, 0.15) is 6.42 Å². The fourth-order valence-electron chi connectivity index (χ4n) is 1.11. The number of benzene rings is 1. The summed E-state index contributed by atoms with van der Waals surface area (Å²) in [7, 11) is 4.11. The van der Waals surface area contributed by atoms with Crippen LogP contribution in [0.2, 0.25) is 0 Å². The van der Waals surface area contributed by atoms with Crippen LogP contribution < -0.4 is 0 Å². The van der Waals surface area contributed by atoms with Crippen LogP contribution in [0.25, 0.3) is 0 Å². The first-order chi connectivity index (χ1) is 7.29. The van der Waals surface area contributed by atoms with E-state index in [-0.39, 0.29) is 0 Å². The lowest BCUT2D eigenvalue weighted by atomic mass is 10.3. The minimum Gasteiger partial charge on any atom is -0.309 e. The smallest absolute Gasteiger partial charge is 0.0948 e. The molecule has 0 spiro atoms. The van der Waals surface area contributed by atoms with Crippen LogP contribution in [-0.2, 0) is 0 Å². The fourth-order valence-corrected chi connectivity index (χ4v) is 1.11. The Labute approximate surface area is 91.2 Å². The van der Waals surface area contributed by atoms with E-state index in [0.717, 1.165) is 25.2 Å². The molecule has 0 aliphatic rings. The SMILES string of the molecule is CN(C)CCCN=C=Nc1ccccc1. The zero-order valence-electron chi connectivity index (χ0n) is 9.35. The molecule has 80 valence electrons. The number of para-hydroxylation sites is 1. The second-order valence-corrected chi connectivity index (χ2v) is 3.59. The summed E-state index contributed by atoms with van der Waals surface area (Å²) in [6, 6.07) is 12.4. The number of nitrogens with zero attached hydrogens (tertiary/aromatic N) is 3. The first-order valence-electron chi connectivity index (χ1n) is 5.11. The first kappa shape index (κ1) is 11.6. The van der Waals surface area contributed by atoms with E-state index in [1.165, 1.54) is 0 Å². The van der Waals surface area contributed by atoms with Gasteiger partial charge in [0, 0.05) is 0 Å². The third-order valence-corrected chi connectivity index (χ3v) is 1.88. The van der Waals surface area contributed by atoms with Crippen LogP contribution in [0.15, 0.2) is 40.3 Å². The molecular formula is C12H17N3. The van der Waals surface area contributed by atoms with Gasteiger partial charge in [0.1, 0.15) is 0 Å². The molecule has 1 rings (SSSR count). The molecule has 15 heavy (non-hydrogen) atoms. The normalized spacial score (nSPS) is 9.80. The van der Waals surface area contributed by atoms with E-state index in [4.69, 9.17) is 0 Å². The van der Waals surface area contributed by atoms with Crippen LogP contribution in [0.3, 0.4) is 0 Å². The van der Waals surface area contributed by atoms with Crippen LogP contribution >= 0.6 is 0 Å². The van der Waals surface area contributed by atoms with Gasteiger partial charge in [0.2, 0.25) is 0 Å². The van der Waals surface area contributed by atoms with Gasteiger partial charge in [-0.2, -0.15) is 4.99 Å². The monoisotopic (exact) mass is 203 g/mol. The Bertz CT molecular complexity index is 324. The fraction of sp³-hybridized carbons (Fsp3) is 0.417. The second-order valence-electron chi connectivity index (χ2n) is 3.59. The van der Waals surface area contributed by atoms with Gasteiger partial charge in [-0.3, -0.25) is 0 Å². The Hall–Kier alpha value is -1.44. The molecule has 0 unspecified atom stereocenters. The van der Waals surface area contributed by atoms with Gasteiger partial charge in [-0.25, -0.2) is 4.99 Å². The van der Waals surface area contributed by atoms with E-state index in [2.05, 4.69) is 35.0 Å². The quantitative estimate of drug-likeness (QED) is 0.533. The molecule has 0 saturated carbocycles. The van der Waals surface area contributed by atoms with Gasteiger partial charge in [0.15, 0.2) is 0 Å². The average Bonchev–Trinajstić information content (AvgIpc) is 2.24. The summed E-state index contributed by atoms with van der Waals surface area (Å²) in [5.74, 6) is 0. The van der Waals surface area contributed by atoms with Crippen molar-refractivity contribution in [2.45, 2.75) is 6.42 Å². The minimum absolute atomic E-state index is 0.786. The zero-order chi connectivity index (χ0) is 10.9. The molecule has 0 aliphatic carbocycles. The summed E-state index contributed by atoms with van der Waals surface area (Å²) in [6.07, 6.45) is 1.05. The molecule has 0 heterocycles. The van der Waals surface area contributed by atoms with Crippen molar-refractivity contribution in [3.8, 4) is 0 Å². The predicted octanol–water partition coefficient (Wildman–Crippen LogP) is 2.44. The number of hydrogen-bond acceptors (Lipinski definition) is 3. The summed E-state index contributed by atoms with van der Waals surface area (Å²) in [6.45, 7) is 1.84. The van der Waals surface area contributed by atoms with E-state index in [1.54, 1.807) is 0 Å². The molecule has 0 radical (unpaired) electrons. The van der Waals surface area contributed by atoms with Crippen molar-refractivity contribution >= 4 is 11.7 Å². The van der Waals surface area contributed by atoms with Crippen LogP contribution in [-0.4, -0.2) is 38.1 Å². The maximum atomic E-state index is 4.10. The van der Waals surface area contributed by atoms with Gasteiger partial charge in [-0.1, -0.05) is 18.2 Å². The molecule has 0 aromatic heterocycles. The van der Waals surface area contributed by atoms with Crippen molar-refractivity contribution in [3.05, 3.63) is 30.3 Å². The van der Waals surface area contributed by atoms with Gasteiger partial charge in [-0.05, 0) is 39.2 Å². The van der Waals surface area contributed by atoms with E-state index in [1.807, 2.05) is 30.3 Å². The molecule has 3 nitrogen and oxygen atoms in total. The molecule has 0 amide bonds. The van der Waals surface area contributed by atoms with Crippen molar-refractivity contribution in [3.63, 3.8) is 0 Å². The Balaban J connectivity index is 2.29. The Kier molecular flexibility index (Phi) is 5.38. The molecule has 3 heteroatoms. The molecule has 0 saturated heterocycles. The molecule has 1 aromatic rings. The molecule has 1 aromatic carbocycles. The van der Waals surface area contributed by atoms with E-state index < -0.39 is 0 Å². The molecule has 0 atom stereocenters. The number of hydrogen-bond donors (Lipinski definition) is 0. The third kappa shape index (κ3) is 5.78. The maximum Gasteiger partial charge on any atom is 0.0948 e. The summed E-state index contributed by atoms with van der Waals surface area (Å²) in [5.41, 5.74) is 0.897. The highest BCUT2D eigenvalue weighted by atomic mass is 15.0. The minimum atomic E-state index is 0.786. The van der Waals surface area contributed by atoms with Crippen LogP contribution in [0, 0.1) is 0 Å². The van der Waals surface area contributed by atoms with Gasteiger partial charge in [0.05, 0.1) is 18.2 Å². The topological polar surface area (TPSA) is 28.0 Å². The largest absolute Gasteiger partial charge is 0.309 e. The van der Waals surface area contributed by atoms with Crippen molar-refractivity contribution in [2.75, 3.05) is 27.2 Å². The lowest BCUT2D eigenvalue weighted by molar-refractivity contribution is 0.403. The second kappa shape index (κ2) is 6.93. The molecule has 0 aliphatic heterocycles. The predicted molar refractivity (Wildman–Crippen MR) is 64.0 cm³/mol. The highest BCUT2D eigenvalue weighted by molar-refractivity contribution is 5.51. The summed E-state index contributed by atoms with van der Waals surface area (Å²) in [5, 5.41) is 0. The van der Waals surface area contributed by atoms with Crippen LogP contribution in [0.4, 0.5) is 5.69 Å². The lowest BCUT2D eigenvalue weighted by Crippen LogP contribution is -2.13. The van der Waals surface area contributed by atoms with Crippen molar-refractivity contribution in [2.24, 2.45) is 9.98 Å². The number of aliphatic imine (C=N–C) groups is 2. The molecule has 0 bridgehead atoms. The maximum absolute atomic E-state index is 4.10. The third-order valence-electron chi connectivity index (χ3n) is 1.88. The molecule has 0 N–H and O–H groups in total. The van der Waals surface area contributed by atoms with Crippen molar-refractivity contribution in [1.82, 2.24) is 4.90 Å². The average molecular weight is 203 g/mol. The highest BCUT2D eigenvalue weighted by Crippen LogP contribution is 2.07. The van der Waals surface area contributed by atoms with E-state index >= 15 is 0 Å². The Morgan fingerprint density at radius 1 is 1.20 bits per heavy atom. The van der Waals surface area contributed by atoms with Gasteiger partial charge >= 0.3 is 0 Å². The Morgan fingerprint density at radius 2 is 1.93 bits per heavy atom. The van der Waals surface area contributed by atoms with Crippen molar-refractivity contribution < 1.29 is 0 Å². The van der Waals surface area contributed by atoms with E-state index in [0.29, 0.717) is 0 Å². The summed E-state index contributed by atoms with van der Waals surface area (Å²) >= 11 is 0. The van der Waals surface area contributed by atoms with Gasteiger partial charge < -0.3 is 4.90 Å².